The fourth-order valence-corrected chi connectivity index (χ4v) is 6.33. The Hall–Kier alpha value is -4.96. The normalized spacial score (nSPS) is 12.7. The zero-order chi connectivity index (χ0) is 29.6. The third-order valence-corrected chi connectivity index (χ3v) is 8.21. The summed E-state index contributed by atoms with van der Waals surface area (Å²) in [4.78, 5) is 8.53. The van der Waals surface area contributed by atoms with Crippen molar-refractivity contribution in [2.45, 2.75) is 13.8 Å². The van der Waals surface area contributed by atoms with Gasteiger partial charge in [0.2, 0.25) is 0 Å². The molecule has 0 atom stereocenters. The predicted octanol–water partition coefficient (Wildman–Crippen LogP) is 9.72. The molecule has 1 aliphatic heterocycles. The molecule has 0 fully saturated rings. The van der Waals surface area contributed by atoms with Crippen molar-refractivity contribution >= 4 is 49.5 Å². The number of benzene rings is 5. The number of rotatable bonds is 3. The first-order valence-electron chi connectivity index (χ1n) is 14.8. The molecule has 45 heavy (non-hydrogen) atoms. The minimum Gasteiger partial charge on any atom is -0.500 e. The van der Waals surface area contributed by atoms with Crippen molar-refractivity contribution in [3.05, 3.63) is 164 Å². The van der Waals surface area contributed by atoms with Crippen LogP contribution in [-0.2, 0) is 20.1 Å². The van der Waals surface area contributed by atoms with E-state index in [1.807, 2.05) is 42.5 Å². The van der Waals surface area contributed by atoms with Gasteiger partial charge in [0, 0.05) is 33.7 Å². The fourth-order valence-electron chi connectivity index (χ4n) is 6.33. The topological polar surface area (TPSA) is 23.8 Å². The van der Waals surface area contributed by atoms with Crippen molar-refractivity contribution < 1.29 is 20.1 Å². The first-order chi connectivity index (χ1) is 21.6. The van der Waals surface area contributed by atoms with Crippen molar-refractivity contribution in [3.63, 3.8) is 0 Å². The van der Waals surface area contributed by atoms with Crippen molar-refractivity contribution in [1.82, 2.24) is 9.38 Å². The zero-order valence-corrected chi connectivity index (χ0v) is 27.3. The van der Waals surface area contributed by atoms with Gasteiger partial charge in [-0.05, 0) is 72.7 Å². The Morgan fingerprint density at radius 2 is 1.38 bits per heavy atom. The van der Waals surface area contributed by atoms with Gasteiger partial charge < -0.3 is 19.2 Å². The molecule has 4 heterocycles. The van der Waals surface area contributed by atoms with Crippen LogP contribution in [0.4, 0.5) is 11.4 Å². The Bertz CT molecular complexity index is 2230. The monoisotopic (exact) mass is 758 g/mol. The smallest absolute Gasteiger partial charge is 0.500 e. The number of aryl methyl sites for hydroxylation is 2. The molecule has 5 heteroatoms. The van der Waals surface area contributed by atoms with E-state index in [0.717, 1.165) is 16.9 Å². The molecule has 5 aromatic carbocycles. The van der Waals surface area contributed by atoms with E-state index in [1.54, 1.807) is 6.20 Å². The molecule has 218 valence electrons. The summed E-state index contributed by atoms with van der Waals surface area (Å²) in [5.41, 5.74) is 10.5. The molecule has 8 aromatic rings. The van der Waals surface area contributed by atoms with Gasteiger partial charge in [-0.3, -0.25) is 0 Å². The second kappa shape index (κ2) is 11.9. The summed E-state index contributed by atoms with van der Waals surface area (Å²) in [7, 11) is 0. The van der Waals surface area contributed by atoms with Gasteiger partial charge in [-0.2, -0.15) is 12.1 Å². The van der Waals surface area contributed by atoms with Crippen molar-refractivity contribution in [1.29, 1.82) is 0 Å². The molecule has 0 saturated carbocycles. The second-order valence-electron chi connectivity index (χ2n) is 11.2. The summed E-state index contributed by atoms with van der Waals surface area (Å²) in [6, 6.07) is 46.7. The molecule has 0 saturated heterocycles. The van der Waals surface area contributed by atoms with Crippen molar-refractivity contribution in [2.24, 2.45) is 0 Å². The molecular weight excluding hydrogens is 729 g/mol. The van der Waals surface area contributed by atoms with E-state index in [0.29, 0.717) is 0 Å². The third-order valence-electron chi connectivity index (χ3n) is 8.21. The van der Waals surface area contributed by atoms with Gasteiger partial charge in [0.15, 0.2) is 0 Å². The van der Waals surface area contributed by atoms with E-state index >= 15 is 0 Å². The van der Waals surface area contributed by atoms with Crippen LogP contribution >= 0.6 is 0 Å². The number of para-hydroxylation sites is 2. The summed E-state index contributed by atoms with van der Waals surface area (Å²) < 4.78 is 2.39. The maximum absolute atomic E-state index is 4.22. The van der Waals surface area contributed by atoms with Crippen LogP contribution in [0.1, 0.15) is 11.1 Å². The summed E-state index contributed by atoms with van der Waals surface area (Å²) in [5.74, 6) is 0. The van der Waals surface area contributed by atoms with Gasteiger partial charge in [-0.1, -0.05) is 60.1 Å². The summed E-state index contributed by atoms with van der Waals surface area (Å²) >= 11 is 0. The Labute approximate surface area is 276 Å². The van der Waals surface area contributed by atoms with Gasteiger partial charge in [0.05, 0.1) is 0 Å². The van der Waals surface area contributed by atoms with Crippen LogP contribution in [0.15, 0.2) is 134 Å². The number of fused-ring (bicyclic) bond motifs is 6. The average molecular weight is 758 g/mol. The first kappa shape index (κ1) is 28.8. The van der Waals surface area contributed by atoms with Gasteiger partial charge in [-0.25, -0.2) is 0 Å². The third kappa shape index (κ3) is 5.14. The molecule has 0 unspecified atom stereocenters. The molecule has 3 aromatic heterocycles. The zero-order valence-electron chi connectivity index (χ0n) is 24.9. The Balaban J connectivity index is 0.000000211. The van der Waals surface area contributed by atoms with Gasteiger partial charge >= 0.3 is 20.1 Å². The first-order valence-corrected chi connectivity index (χ1v) is 14.8. The molecule has 0 amide bonds. The summed E-state index contributed by atoms with van der Waals surface area (Å²) in [6.07, 6.45) is 5.99. The van der Waals surface area contributed by atoms with E-state index in [1.165, 1.54) is 54.9 Å². The van der Waals surface area contributed by atoms with Gasteiger partial charge in [0.1, 0.15) is 0 Å². The largest absolute Gasteiger partial charge is 3.00 e. The molecule has 1 aliphatic rings. The van der Waals surface area contributed by atoms with Gasteiger partial charge in [-0.15, -0.1) is 59.7 Å². The van der Waals surface area contributed by atoms with Crippen LogP contribution in [0.5, 0.6) is 0 Å². The predicted molar refractivity (Wildman–Crippen MR) is 183 cm³/mol. The molecule has 0 aliphatic carbocycles. The fraction of sp³-hybridized carbons (Fsp3) is 0.0500. The number of pyridine rings is 1. The quantitative estimate of drug-likeness (QED) is 0.168. The second-order valence-corrected chi connectivity index (χ2v) is 11.2. The summed E-state index contributed by atoms with van der Waals surface area (Å²) in [5, 5.41) is 5.17. The van der Waals surface area contributed by atoms with Crippen LogP contribution in [0.25, 0.3) is 49.4 Å². The van der Waals surface area contributed by atoms with E-state index in [9.17, 15) is 0 Å². The standard InChI is InChI=1S/C29H21N3.C11H8N.Ir/c1-19-14-20(2)16-22(15-19)31-13-12-30(18-31)21-10-11-28-26(17-21)25-8-5-7-24-23-6-3-4-9-27(23)32(28)29(24)25;1-2-6-10(7-3-1)11-8-4-5-9-12-11;/h3-9,11-18H,1-2H3;1-6,8-9H;/q-2;-1;+3. The van der Waals surface area contributed by atoms with Crippen molar-refractivity contribution in [3.8, 4) is 11.3 Å². The Kier molecular flexibility index (Phi) is 7.58. The maximum atomic E-state index is 4.22. The van der Waals surface area contributed by atoms with Crippen LogP contribution in [0, 0.1) is 32.6 Å². The van der Waals surface area contributed by atoms with Crippen molar-refractivity contribution in [2.75, 3.05) is 9.80 Å². The SMILES string of the molecule is Cc1cc(C)cc(N2C=CN(c3[c-]cc4c(c3)c3cccc5c6ccccc6n4c35)[CH-]2)c1.[Ir+3].[c-]1ccccc1-c1ccccn1. The average Bonchev–Trinajstić information content (AvgIpc) is 3.78. The number of hydrogen-bond donors (Lipinski definition) is 0. The summed E-state index contributed by atoms with van der Waals surface area (Å²) in [6.45, 7) is 6.40. The Morgan fingerprint density at radius 1 is 0.644 bits per heavy atom. The number of nitrogens with zero attached hydrogens (tertiary/aromatic N) is 4. The van der Waals surface area contributed by atoms with Crippen LogP contribution in [-0.4, -0.2) is 9.38 Å². The Morgan fingerprint density at radius 3 is 2.16 bits per heavy atom. The van der Waals surface area contributed by atoms with Crippen LogP contribution in [0.3, 0.4) is 0 Å². The minimum absolute atomic E-state index is 0. The molecular formula is C40H29IrN4. The van der Waals surface area contributed by atoms with E-state index in [2.05, 4.69) is 137 Å². The molecule has 0 spiro atoms. The van der Waals surface area contributed by atoms with Crippen LogP contribution < -0.4 is 9.80 Å². The van der Waals surface area contributed by atoms with Gasteiger partial charge in [0.25, 0.3) is 0 Å². The molecule has 0 bridgehead atoms. The van der Waals surface area contributed by atoms with E-state index in [-0.39, 0.29) is 20.1 Å². The number of hydrogen-bond acceptors (Lipinski definition) is 3. The molecule has 9 rings (SSSR count). The minimum atomic E-state index is 0. The van der Waals surface area contributed by atoms with E-state index < -0.39 is 0 Å². The number of anilines is 2. The molecule has 0 N–H and O–H groups in total. The van der Waals surface area contributed by atoms with E-state index in [4.69, 9.17) is 0 Å². The maximum Gasteiger partial charge on any atom is 3.00 e. The number of aromatic nitrogens is 2. The molecule has 0 radical (unpaired) electrons. The van der Waals surface area contributed by atoms with Crippen LogP contribution in [0.2, 0.25) is 0 Å². The molecule has 4 nitrogen and oxygen atoms in total.